The molecule has 1 aromatic heterocycles. The lowest BCUT2D eigenvalue weighted by Gasteiger charge is -2.06. The van der Waals surface area contributed by atoms with Gasteiger partial charge in [0, 0.05) is 6.42 Å². The summed E-state index contributed by atoms with van der Waals surface area (Å²) < 4.78 is 6.66. The van der Waals surface area contributed by atoms with E-state index in [4.69, 9.17) is 9.84 Å². The van der Waals surface area contributed by atoms with Gasteiger partial charge in [-0.3, -0.25) is 4.79 Å². The van der Waals surface area contributed by atoms with Crippen molar-refractivity contribution in [2.45, 2.75) is 12.8 Å². The third kappa shape index (κ3) is 4.58. The van der Waals surface area contributed by atoms with Crippen LogP contribution in [0.5, 0.6) is 5.75 Å². The molecule has 5 heteroatoms. The van der Waals surface area contributed by atoms with Gasteiger partial charge in [0.1, 0.15) is 17.4 Å². The minimum absolute atomic E-state index is 0.0639. The number of para-hydroxylation sites is 1. The van der Waals surface area contributed by atoms with Crippen LogP contribution in [-0.2, 0) is 4.79 Å². The van der Waals surface area contributed by atoms with Crippen LogP contribution in [0.3, 0.4) is 0 Å². The summed E-state index contributed by atoms with van der Waals surface area (Å²) in [5.74, 6) is -0.0689. The Hall–Kier alpha value is -2.92. The van der Waals surface area contributed by atoms with Crippen molar-refractivity contribution < 1.29 is 14.6 Å². The zero-order chi connectivity index (χ0) is 18.4. The molecule has 2 aromatic carbocycles. The first-order chi connectivity index (χ1) is 12.7. The number of fused-ring (bicyclic) bond motifs is 1. The van der Waals surface area contributed by atoms with Crippen LogP contribution in [-0.4, -0.2) is 22.7 Å². The first kappa shape index (κ1) is 17.9. The summed E-state index contributed by atoms with van der Waals surface area (Å²) in [7, 11) is 0. The van der Waals surface area contributed by atoms with Crippen LogP contribution in [0.2, 0.25) is 0 Å². The fourth-order valence-electron chi connectivity index (χ4n) is 2.54. The van der Waals surface area contributed by atoms with Gasteiger partial charge in [0.2, 0.25) is 0 Å². The Morgan fingerprint density at radius 2 is 2.04 bits per heavy atom. The predicted molar refractivity (Wildman–Crippen MR) is 106 cm³/mol. The first-order valence-electron chi connectivity index (χ1n) is 8.28. The highest BCUT2D eigenvalue weighted by atomic mass is 32.1. The molecule has 0 saturated heterocycles. The number of benzene rings is 2. The number of hydrogen-bond donors (Lipinski definition) is 1. The number of allylic oxidation sites excluding steroid dienone is 1. The van der Waals surface area contributed by atoms with Crippen LogP contribution in [0.1, 0.15) is 23.4 Å². The SMILES string of the molecule is C=CCOc1cccc(/C=C(\CCC(=O)O)c2nc3ccccc3s2)c1. The molecular formula is C21H19NO3S. The molecule has 4 nitrogen and oxygen atoms in total. The number of thiazole rings is 1. The third-order valence-electron chi connectivity index (χ3n) is 3.74. The Balaban J connectivity index is 1.96. The molecule has 0 atom stereocenters. The van der Waals surface area contributed by atoms with Gasteiger partial charge in [0.15, 0.2) is 0 Å². The van der Waals surface area contributed by atoms with Crippen LogP contribution in [0.15, 0.2) is 61.2 Å². The predicted octanol–water partition coefficient (Wildman–Crippen LogP) is 5.27. The molecular weight excluding hydrogens is 346 g/mol. The molecule has 3 rings (SSSR count). The van der Waals surface area contributed by atoms with Crippen molar-refractivity contribution in [1.82, 2.24) is 4.98 Å². The summed E-state index contributed by atoms with van der Waals surface area (Å²) in [6.07, 6.45) is 4.17. The molecule has 26 heavy (non-hydrogen) atoms. The minimum atomic E-state index is -0.819. The zero-order valence-electron chi connectivity index (χ0n) is 14.2. The Morgan fingerprint density at radius 3 is 2.81 bits per heavy atom. The average Bonchev–Trinajstić information content (AvgIpc) is 3.07. The molecule has 3 aromatic rings. The summed E-state index contributed by atoms with van der Waals surface area (Å²) in [5, 5.41) is 9.93. The van der Waals surface area contributed by atoms with E-state index in [-0.39, 0.29) is 6.42 Å². The standard InChI is InChI=1S/C21H19NO3S/c1-2-12-25-17-7-5-6-15(14-17)13-16(10-11-20(23)24)21-22-18-8-3-4-9-19(18)26-21/h2-9,13-14H,1,10-12H2,(H,23,24)/b16-13+. The van der Waals surface area contributed by atoms with Gasteiger partial charge in [-0.15, -0.1) is 11.3 Å². The summed E-state index contributed by atoms with van der Waals surface area (Å²) in [5.41, 5.74) is 2.79. The topological polar surface area (TPSA) is 59.4 Å². The zero-order valence-corrected chi connectivity index (χ0v) is 15.0. The Kier molecular flexibility index (Phi) is 5.81. The number of ether oxygens (including phenoxy) is 1. The second-order valence-corrected chi connectivity index (χ2v) is 6.75. The van der Waals surface area contributed by atoms with Gasteiger partial charge in [-0.1, -0.05) is 36.9 Å². The van der Waals surface area contributed by atoms with E-state index in [0.717, 1.165) is 32.1 Å². The van der Waals surface area contributed by atoms with Gasteiger partial charge in [-0.05, 0) is 47.9 Å². The molecule has 0 aliphatic carbocycles. The molecule has 0 aliphatic rings. The summed E-state index contributed by atoms with van der Waals surface area (Å²) in [6, 6.07) is 15.6. The second-order valence-electron chi connectivity index (χ2n) is 5.72. The van der Waals surface area contributed by atoms with E-state index in [1.54, 1.807) is 17.4 Å². The quantitative estimate of drug-likeness (QED) is 0.553. The van der Waals surface area contributed by atoms with Crippen LogP contribution < -0.4 is 4.74 Å². The van der Waals surface area contributed by atoms with Crippen molar-refractivity contribution in [2.24, 2.45) is 0 Å². The molecule has 0 amide bonds. The molecule has 0 spiro atoms. The van der Waals surface area contributed by atoms with Gasteiger partial charge >= 0.3 is 5.97 Å². The highest BCUT2D eigenvalue weighted by molar-refractivity contribution is 7.19. The van der Waals surface area contributed by atoms with Gasteiger partial charge in [-0.25, -0.2) is 4.98 Å². The van der Waals surface area contributed by atoms with Gasteiger partial charge < -0.3 is 9.84 Å². The normalized spacial score (nSPS) is 11.5. The number of aliphatic carboxylic acids is 1. The van der Waals surface area contributed by atoms with E-state index in [9.17, 15) is 4.79 Å². The molecule has 0 aliphatic heterocycles. The molecule has 0 saturated carbocycles. The van der Waals surface area contributed by atoms with Crippen molar-refractivity contribution in [3.63, 3.8) is 0 Å². The summed E-state index contributed by atoms with van der Waals surface area (Å²) >= 11 is 1.58. The molecule has 0 radical (unpaired) electrons. The van der Waals surface area contributed by atoms with E-state index in [1.807, 2.05) is 54.6 Å². The van der Waals surface area contributed by atoms with Gasteiger partial charge in [0.05, 0.1) is 10.2 Å². The smallest absolute Gasteiger partial charge is 0.303 e. The van der Waals surface area contributed by atoms with E-state index in [1.165, 1.54) is 0 Å². The molecule has 0 bridgehead atoms. The number of carboxylic acid groups (broad SMARTS) is 1. The number of carboxylic acids is 1. The molecule has 1 N–H and O–H groups in total. The number of nitrogens with zero attached hydrogens (tertiary/aromatic N) is 1. The maximum Gasteiger partial charge on any atom is 0.303 e. The third-order valence-corrected chi connectivity index (χ3v) is 4.86. The average molecular weight is 365 g/mol. The van der Waals surface area contributed by atoms with Crippen molar-refractivity contribution >= 4 is 39.2 Å². The Morgan fingerprint density at radius 1 is 1.19 bits per heavy atom. The lowest BCUT2D eigenvalue weighted by Crippen LogP contribution is -1.96. The monoisotopic (exact) mass is 365 g/mol. The van der Waals surface area contributed by atoms with Crippen LogP contribution >= 0.6 is 11.3 Å². The maximum atomic E-state index is 11.1. The van der Waals surface area contributed by atoms with Crippen molar-refractivity contribution in [3.8, 4) is 5.75 Å². The lowest BCUT2D eigenvalue weighted by molar-refractivity contribution is -0.136. The highest BCUT2D eigenvalue weighted by Crippen LogP contribution is 2.31. The van der Waals surface area contributed by atoms with Crippen LogP contribution in [0.25, 0.3) is 21.9 Å². The van der Waals surface area contributed by atoms with E-state index in [2.05, 4.69) is 11.6 Å². The van der Waals surface area contributed by atoms with E-state index < -0.39 is 5.97 Å². The van der Waals surface area contributed by atoms with Gasteiger partial charge in [0.25, 0.3) is 0 Å². The summed E-state index contributed by atoms with van der Waals surface area (Å²) in [6.45, 7) is 4.09. The lowest BCUT2D eigenvalue weighted by atomic mass is 10.1. The van der Waals surface area contributed by atoms with Crippen molar-refractivity contribution in [3.05, 3.63) is 71.8 Å². The highest BCUT2D eigenvalue weighted by Gasteiger charge is 2.11. The Bertz CT molecular complexity index is 926. The van der Waals surface area contributed by atoms with Crippen LogP contribution in [0.4, 0.5) is 0 Å². The molecule has 0 unspecified atom stereocenters. The molecule has 0 fully saturated rings. The molecule has 132 valence electrons. The largest absolute Gasteiger partial charge is 0.490 e. The van der Waals surface area contributed by atoms with Crippen molar-refractivity contribution in [1.29, 1.82) is 0 Å². The number of aromatic nitrogens is 1. The second kappa shape index (κ2) is 8.45. The minimum Gasteiger partial charge on any atom is -0.490 e. The summed E-state index contributed by atoms with van der Waals surface area (Å²) in [4.78, 5) is 15.7. The van der Waals surface area contributed by atoms with Crippen LogP contribution in [0, 0.1) is 0 Å². The number of carbonyl (C=O) groups is 1. The van der Waals surface area contributed by atoms with E-state index in [0.29, 0.717) is 13.0 Å². The number of hydrogen-bond acceptors (Lipinski definition) is 4. The van der Waals surface area contributed by atoms with Gasteiger partial charge in [-0.2, -0.15) is 0 Å². The van der Waals surface area contributed by atoms with E-state index >= 15 is 0 Å². The number of rotatable bonds is 8. The fraction of sp³-hybridized carbons (Fsp3) is 0.143. The van der Waals surface area contributed by atoms with Crippen molar-refractivity contribution in [2.75, 3.05) is 6.61 Å². The maximum absolute atomic E-state index is 11.1. The fourth-order valence-corrected chi connectivity index (χ4v) is 3.55. The first-order valence-corrected chi connectivity index (χ1v) is 9.09. The Labute approximate surface area is 156 Å². The molecule has 1 heterocycles.